The number of hydrogen-bond acceptors (Lipinski definition) is 4. The van der Waals surface area contributed by atoms with E-state index in [0.29, 0.717) is 23.6 Å². The molecule has 2 N–H and O–H groups in total. The van der Waals surface area contributed by atoms with Crippen LogP contribution in [0.5, 0.6) is 5.75 Å². The minimum absolute atomic E-state index is 0.145. The molecule has 0 aromatic heterocycles. The predicted octanol–water partition coefficient (Wildman–Crippen LogP) is 6.36. The smallest absolute Gasteiger partial charge is 0.416 e. The molecular formula is C26H23ClF4N2O3S. The molecule has 0 aliphatic carbocycles. The molecule has 11 heteroatoms. The molecule has 0 bridgehead atoms. The van der Waals surface area contributed by atoms with Gasteiger partial charge in [0.1, 0.15) is 17.7 Å². The number of fused-ring (bicyclic) bond motifs is 1. The Hall–Kier alpha value is -3.08. The summed E-state index contributed by atoms with van der Waals surface area (Å²) in [4.78, 5) is -0.503. The van der Waals surface area contributed by atoms with Crippen LogP contribution in [0.2, 0.25) is 5.02 Å². The number of ether oxygens (including phenoxy) is 1. The summed E-state index contributed by atoms with van der Waals surface area (Å²) >= 11 is 6.17. The Labute approximate surface area is 217 Å². The Morgan fingerprint density at radius 3 is 2.57 bits per heavy atom. The number of sulfonamides is 1. The number of allylic oxidation sites excluding steroid dienone is 1. The second-order valence-electron chi connectivity index (χ2n) is 8.53. The number of benzene rings is 3. The van der Waals surface area contributed by atoms with Crippen molar-refractivity contribution < 1.29 is 30.7 Å². The first-order valence-corrected chi connectivity index (χ1v) is 13.1. The lowest BCUT2D eigenvalue weighted by molar-refractivity contribution is -0.137. The summed E-state index contributed by atoms with van der Waals surface area (Å²) in [5, 5.41) is 0.216. The zero-order valence-corrected chi connectivity index (χ0v) is 21.2. The van der Waals surface area contributed by atoms with E-state index < -0.39 is 38.6 Å². The quantitative estimate of drug-likeness (QED) is 0.284. The number of nitrogens with zero attached hydrogens (tertiary/aromatic N) is 1. The van der Waals surface area contributed by atoms with Gasteiger partial charge in [0.15, 0.2) is 0 Å². The molecule has 5 nitrogen and oxygen atoms in total. The lowest BCUT2D eigenvalue weighted by Gasteiger charge is -2.35. The Morgan fingerprint density at radius 2 is 1.89 bits per heavy atom. The maximum atomic E-state index is 14.4. The van der Waals surface area contributed by atoms with Crippen molar-refractivity contribution in [2.75, 3.05) is 17.4 Å². The van der Waals surface area contributed by atoms with Gasteiger partial charge in [-0.3, -0.25) is 4.31 Å². The Bertz CT molecular complexity index is 1440. The fourth-order valence-corrected chi connectivity index (χ4v) is 6.00. The fourth-order valence-electron chi connectivity index (χ4n) is 4.14. The zero-order valence-electron chi connectivity index (χ0n) is 19.6. The molecule has 3 aromatic carbocycles. The largest absolute Gasteiger partial charge is 0.486 e. The van der Waals surface area contributed by atoms with Gasteiger partial charge in [-0.05, 0) is 73.5 Å². The van der Waals surface area contributed by atoms with Crippen LogP contribution in [0.25, 0.3) is 11.6 Å². The van der Waals surface area contributed by atoms with Crippen molar-refractivity contribution in [3.63, 3.8) is 0 Å². The van der Waals surface area contributed by atoms with E-state index in [2.05, 4.69) is 0 Å². The standard InChI is InChI=1S/C26H23ClF4N2O3S/c1-16(25-21(27)6-3-7-22(25)28)12-17-8-9-24-23(13-17)33(15-19(36-24)10-11-32)37(34,35)20-5-2-4-18(14-20)26(29,30)31/h2-9,12-14,19H,10-11,15,32H2,1H3. The van der Waals surface area contributed by atoms with Crippen LogP contribution in [-0.4, -0.2) is 27.6 Å². The molecule has 4 rings (SSSR count). The van der Waals surface area contributed by atoms with Crippen LogP contribution in [0, 0.1) is 5.82 Å². The molecule has 0 saturated heterocycles. The summed E-state index contributed by atoms with van der Waals surface area (Å²) in [6.45, 7) is 1.74. The summed E-state index contributed by atoms with van der Waals surface area (Å²) < 4.78 is 88.4. The van der Waals surface area contributed by atoms with E-state index in [0.717, 1.165) is 22.5 Å². The molecule has 37 heavy (non-hydrogen) atoms. The molecule has 0 spiro atoms. The molecule has 1 unspecified atom stereocenters. The Balaban J connectivity index is 1.81. The van der Waals surface area contributed by atoms with Crippen molar-refractivity contribution >= 4 is 39.0 Å². The molecule has 0 amide bonds. The van der Waals surface area contributed by atoms with E-state index in [1.807, 2.05) is 0 Å². The number of halogens is 5. The van der Waals surface area contributed by atoms with Gasteiger partial charge in [0.25, 0.3) is 10.0 Å². The Kier molecular flexibility index (Phi) is 7.55. The van der Waals surface area contributed by atoms with Crippen LogP contribution in [0.3, 0.4) is 0 Å². The summed E-state index contributed by atoms with van der Waals surface area (Å²) in [6, 6.07) is 12.7. The molecule has 0 saturated carbocycles. The van der Waals surface area contributed by atoms with E-state index in [-0.39, 0.29) is 35.1 Å². The van der Waals surface area contributed by atoms with Crippen LogP contribution in [-0.2, 0) is 16.2 Å². The maximum Gasteiger partial charge on any atom is 0.416 e. The monoisotopic (exact) mass is 554 g/mol. The number of rotatable bonds is 6. The summed E-state index contributed by atoms with van der Waals surface area (Å²) in [5.74, 6) is -0.278. The first-order chi connectivity index (χ1) is 17.4. The van der Waals surface area contributed by atoms with Crippen molar-refractivity contribution in [3.05, 3.63) is 88.2 Å². The van der Waals surface area contributed by atoms with Crippen molar-refractivity contribution in [2.24, 2.45) is 5.73 Å². The first kappa shape index (κ1) is 27.0. The molecule has 1 aliphatic rings. The molecule has 1 atom stereocenters. The third-order valence-corrected chi connectivity index (χ3v) is 7.98. The van der Waals surface area contributed by atoms with E-state index in [4.69, 9.17) is 22.1 Å². The molecule has 196 valence electrons. The zero-order chi connectivity index (χ0) is 27.0. The average molecular weight is 555 g/mol. The number of nitrogens with two attached hydrogens (primary N) is 1. The van der Waals surface area contributed by atoms with Crippen molar-refractivity contribution in [1.29, 1.82) is 0 Å². The Morgan fingerprint density at radius 1 is 1.16 bits per heavy atom. The number of anilines is 1. The molecule has 0 radical (unpaired) electrons. The van der Waals surface area contributed by atoms with Crippen LogP contribution in [0.4, 0.5) is 23.2 Å². The molecule has 1 aliphatic heterocycles. The van der Waals surface area contributed by atoms with E-state index in [9.17, 15) is 26.0 Å². The highest BCUT2D eigenvalue weighted by atomic mass is 35.5. The molecule has 3 aromatic rings. The van der Waals surface area contributed by atoms with Crippen LogP contribution < -0.4 is 14.8 Å². The first-order valence-electron chi connectivity index (χ1n) is 11.3. The van der Waals surface area contributed by atoms with Crippen molar-refractivity contribution in [1.82, 2.24) is 0 Å². The second kappa shape index (κ2) is 10.4. The number of hydrogen-bond donors (Lipinski definition) is 1. The molecule has 1 heterocycles. The van der Waals surface area contributed by atoms with Crippen LogP contribution in [0.15, 0.2) is 65.6 Å². The van der Waals surface area contributed by atoms with Gasteiger partial charge in [0.05, 0.1) is 27.7 Å². The second-order valence-corrected chi connectivity index (χ2v) is 10.8. The van der Waals surface area contributed by atoms with Gasteiger partial charge in [-0.2, -0.15) is 13.2 Å². The normalized spacial score (nSPS) is 16.4. The summed E-state index contributed by atoms with van der Waals surface area (Å²) in [7, 11) is -4.41. The van der Waals surface area contributed by atoms with Crippen LogP contribution in [0.1, 0.15) is 30.0 Å². The average Bonchev–Trinajstić information content (AvgIpc) is 2.83. The lowest BCUT2D eigenvalue weighted by Crippen LogP contribution is -2.44. The predicted molar refractivity (Wildman–Crippen MR) is 135 cm³/mol. The van der Waals surface area contributed by atoms with Crippen LogP contribution >= 0.6 is 11.6 Å². The highest BCUT2D eigenvalue weighted by Gasteiger charge is 2.37. The highest BCUT2D eigenvalue weighted by molar-refractivity contribution is 7.92. The minimum atomic E-state index is -4.71. The summed E-state index contributed by atoms with van der Waals surface area (Å²) in [5.41, 5.74) is 5.93. The third kappa shape index (κ3) is 5.61. The van der Waals surface area contributed by atoms with Crippen molar-refractivity contribution in [3.8, 4) is 5.75 Å². The number of alkyl halides is 3. The van der Waals surface area contributed by atoms with Gasteiger partial charge in [0.2, 0.25) is 0 Å². The molecular weight excluding hydrogens is 532 g/mol. The molecule has 0 fully saturated rings. The van der Waals surface area contributed by atoms with Crippen molar-refractivity contribution in [2.45, 2.75) is 30.5 Å². The summed E-state index contributed by atoms with van der Waals surface area (Å²) in [6.07, 6.45) is -3.34. The van der Waals surface area contributed by atoms with E-state index in [1.165, 1.54) is 18.2 Å². The van der Waals surface area contributed by atoms with Gasteiger partial charge in [0, 0.05) is 5.56 Å². The van der Waals surface area contributed by atoms with Gasteiger partial charge < -0.3 is 10.5 Å². The third-order valence-electron chi connectivity index (χ3n) is 5.89. The fraction of sp³-hybridized carbons (Fsp3) is 0.231. The topological polar surface area (TPSA) is 72.6 Å². The highest BCUT2D eigenvalue weighted by Crippen LogP contribution is 2.40. The van der Waals surface area contributed by atoms with E-state index >= 15 is 0 Å². The van der Waals surface area contributed by atoms with Gasteiger partial charge in [-0.1, -0.05) is 35.9 Å². The lowest BCUT2D eigenvalue weighted by atomic mass is 10.0. The minimum Gasteiger partial charge on any atom is -0.486 e. The maximum absolute atomic E-state index is 14.4. The van der Waals surface area contributed by atoms with Gasteiger partial charge in [-0.25, -0.2) is 12.8 Å². The van der Waals surface area contributed by atoms with Gasteiger partial charge >= 0.3 is 6.18 Å². The van der Waals surface area contributed by atoms with Gasteiger partial charge in [-0.15, -0.1) is 0 Å². The van der Waals surface area contributed by atoms with E-state index in [1.54, 1.807) is 31.2 Å². The SMILES string of the molecule is CC(=Cc1ccc2c(c1)N(S(=O)(=O)c1cccc(C(F)(F)F)c1)CC(CCN)O2)c1c(F)cccc1Cl.